The number of furan rings is 2. The molecule has 0 aliphatic heterocycles. The first-order chi connectivity index (χ1) is 14.1. The van der Waals surface area contributed by atoms with Crippen molar-refractivity contribution in [3.8, 4) is 17.3 Å². The summed E-state index contributed by atoms with van der Waals surface area (Å²) in [5, 5.41) is 14.3. The van der Waals surface area contributed by atoms with Gasteiger partial charge in [0.05, 0.1) is 17.5 Å². The molecule has 29 heavy (non-hydrogen) atoms. The molecular weight excluding hydrogens is 435 g/mol. The Morgan fingerprint density at radius 3 is 2.86 bits per heavy atom. The largest absolute Gasteiger partial charge is 0.484 e. The van der Waals surface area contributed by atoms with Crippen molar-refractivity contribution in [2.45, 2.75) is 11.8 Å². The van der Waals surface area contributed by atoms with Gasteiger partial charge in [0, 0.05) is 5.02 Å². The third-order valence-electron chi connectivity index (χ3n) is 3.78. The molecule has 3 heterocycles. The molecule has 0 aliphatic rings. The van der Waals surface area contributed by atoms with Crippen molar-refractivity contribution < 1.29 is 13.6 Å². The summed E-state index contributed by atoms with van der Waals surface area (Å²) in [5.74, 6) is 2.78. The van der Waals surface area contributed by atoms with Gasteiger partial charge in [-0.1, -0.05) is 35.0 Å². The topological polar surface area (TPSA) is 78.6 Å². The van der Waals surface area contributed by atoms with Crippen LogP contribution in [0.2, 0.25) is 10.0 Å². The number of nitrogens with zero attached hydrogens (tertiary/aromatic N) is 4. The summed E-state index contributed by atoms with van der Waals surface area (Å²) in [5.41, 5.74) is 0. The van der Waals surface area contributed by atoms with E-state index in [4.69, 9.17) is 36.8 Å². The van der Waals surface area contributed by atoms with Gasteiger partial charge in [-0.25, -0.2) is 0 Å². The van der Waals surface area contributed by atoms with Crippen LogP contribution in [0.15, 0.2) is 67.8 Å². The normalized spacial score (nSPS) is 11.4. The van der Waals surface area contributed by atoms with Gasteiger partial charge in [-0.05, 0) is 48.7 Å². The number of aromatic nitrogens is 3. The molecule has 0 atom stereocenters. The summed E-state index contributed by atoms with van der Waals surface area (Å²) >= 11 is 13.4. The van der Waals surface area contributed by atoms with Crippen LogP contribution >= 0.6 is 35.0 Å². The number of thioether (sulfide) groups is 1. The molecule has 0 saturated carbocycles. The summed E-state index contributed by atoms with van der Waals surface area (Å²) in [7, 11) is 0. The minimum Gasteiger partial charge on any atom is -0.484 e. The standard InChI is InChI=1S/C19H14Cl2N4O3S/c1-29-19-24-23-18(17-3-2-8-26-17)25(19)22-10-13-5-6-14(28-13)11-27-16-7-4-12(20)9-15(16)21/h2-10H,11H2,1H3/b22-10+. The smallest absolute Gasteiger partial charge is 0.221 e. The molecule has 3 aromatic heterocycles. The molecule has 0 unspecified atom stereocenters. The number of hydrogen-bond donors (Lipinski definition) is 0. The third kappa shape index (κ3) is 4.50. The quantitative estimate of drug-likeness (QED) is 0.269. The maximum Gasteiger partial charge on any atom is 0.221 e. The Morgan fingerprint density at radius 1 is 1.21 bits per heavy atom. The van der Waals surface area contributed by atoms with Crippen LogP contribution in [-0.2, 0) is 6.61 Å². The zero-order chi connectivity index (χ0) is 20.2. The lowest BCUT2D eigenvalue weighted by atomic mass is 10.3. The van der Waals surface area contributed by atoms with Crippen molar-refractivity contribution in [2.75, 3.05) is 6.26 Å². The summed E-state index contributed by atoms with van der Waals surface area (Å²) in [6, 6.07) is 12.2. The Bertz CT molecular complexity index is 1140. The van der Waals surface area contributed by atoms with Gasteiger partial charge in [0.25, 0.3) is 0 Å². The zero-order valence-electron chi connectivity index (χ0n) is 15.1. The van der Waals surface area contributed by atoms with Crippen molar-refractivity contribution in [1.82, 2.24) is 14.9 Å². The molecule has 0 fully saturated rings. The van der Waals surface area contributed by atoms with Crippen molar-refractivity contribution in [3.63, 3.8) is 0 Å². The highest BCUT2D eigenvalue weighted by molar-refractivity contribution is 7.98. The molecule has 7 nitrogen and oxygen atoms in total. The molecule has 0 saturated heterocycles. The number of rotatable bonds is 7. The second-order valence-electron chi connectivity index (χ2n) is 5.71. The fraction of sp³-hybridized carbons (Fsp3) is 0.105. The molecule has 4 rings (SSSR count). The first kappa shape index (κ1) is 19.6. The van der Waals surface area contributed by atoms with E-state index in [1.807, 2.05) is 6.26 Å². The maximum absolute atomic E-state index is 6.11. The van der Waals surface area contributed by atoms with Crippen molar-refractivity contribution in [2.24, 2.45) is 5.10 Å². The van der Waals surface area contributed by atoms with E-state index in [9.17, 15) is 0 Å². The second kappa shape index (κ2) is 8.77. The minimum atomic E-state index is 0.218. The van der Waals surface area contributed by atoms with Crippen LogP contribution < -0.4 is 4.74 Å². The van der Waals surface area contributed by atoms with Crippen LogP contribution in [0.4, 0.5) is 0 Å². The zero-order valence-corrected chi connectivity index (χ0v) is 17.4. The van der Waals surface area contributed by atoms with Crippen molar-refractivity contribution in [3.05, 3.63) is 70.3 Å². The first-order valence-electron chi connectivity index (χ1n) is 8.38. The minimum absolute atomic E-state index is 0.218. The highest BCUT2D eigenvalue weighted by Crippen LogP contribution is 2.28. The Hall–Kier alpha value is -2.68. The molecule has 0 aliphatic carbocycles. The molecule has 0 N–H and O–H groups in total. The van der Waals surface area contributed by atoms with Crippen LogP contribution in [0.1, 0.15) is 11.5 Å². The van der Waals surface area contributed by atoms with E-state index in [1.54, 1.807) is 59.6 Å². The SMILES string of the molecule is CSc1nnc(-c2ccco2)n1/N=C/c1ccc(COc2ccc(Cl)cc2Cl)o1. The van der Waals surface area contributed by atoms with E-state index in [0.717, 1.165) is 0 Å². The van der Waals surface area contributed by atoms with Gasteiger partial charge in [-0.15, -0.1) is 10.2 Å². The monoisotopic (exact) mass is 448 g/mol. The van der Waals surface area contributed by atoms with Gasteiger partial charge in [0.2, 0.25) is 11.0 Å². The molecule has 0 bridgehead atoms. The summed E-state index contributed by atoms with van der Waals surface area (Å²) in [6.45, 7) is 0.218. The first-order valence-corrected chi connectivity index (χ1v) is 10.4. The van der Waals surface area contributed by atoms with Crippen LogP contribution in [-0.4, -0.2) is 27.3 Å². The van der Waals surface area contributed by atoms with E-state index in [0.29, 0.717) is 44.1 Å². The van der Waals surface area contributed by atoms with E-state index >= 15 is 0 Å². The summed E-state index contributed by atoms with van der Waals surface area (Å²) in [6.07, 6.45) is 5.04. The van der Waals surface area contributed by atoms with Gasteiger partial charge < -0.3 is 13.6 Å². The van der Waals surface area contributed by atoms with Crippen molar-refractivity contribution in [1.29, 1.82) is 0 Å². The predicted molar refractivity (Wildman–Crippen MR) is 112 cm³/mol. The van der Waals surface area contributed by atoms with Crippen LogP contribution in [0.3, 0.4) is 0 Å². The molecule has 10 heteroatoms. The molecular formula is C19H14Cl2N4O3S. The van der Waals surface area contributed by atoms with Gasteiger partial charge in [-0.3, -0.25) is 0 Å². The Morgan fingerprint density at radius 2 is 2.10 bits per heavy atom. The van der Waals surface area contributed by atoms with E-state index in [2.05, 4.69) is 15.3 Å². The Labute approximate surface area is 180 Å². The van der Waals surface area contributed by atoms with Crippen LogP contribution in [0, 0.1) is 0 Å². The van der Waals surface area contributed by atoms with E-state index in [-0.39, 0.29) is 6.61 Å². The fourth-order valence-corrected chi connectivity index (χ4v) is 3.35. The average molecular weight is 449 g/mol. The van der Waals surface area contributed by atoms with Gasteiger partial charge in [-0.2, -0.15) is 9.78 Å². The highest BCUT2D eigenvalue weighted by atomic mass is 35.5. The highest BCUT2D eigenvalue weighted by Gasteiger charge is 2.15. The maximum atomic E-state index is 6.11. The molecule has 0 spiro atoms. The Balaban J connectivity index is 1.48. The average Bonchev–Trinajstić information content (AvgIpc) is 3.45. The third-order valence-corrected chi connectivity index (χ3v) is 4.93. The predicted octanol–water partition coefficient (Wildman–Crippen LogP) is 5.62. The second-order valence-corrected chi connectivity index (χ2v) is 7.33. The summed E-state index contributed by atoms with van der Waals surface area (Å²) in [4.78, 5) is 0. The molecule has 4 aromatic rings. The molecule has 0 amide bonds. The molecule has 0 radical (unpaired) electrons. The number of hydrogen-bond acceptors (Lipinski definition) is 7. The van der Waals surface area contributed by atoms with Crippen LogP contribution in [0.5, 0.6) is 5.75 Å². The van der Waals surface area contributed by atoms with E-state index < -0.39 is 0 Å². The van der Waals surface area contributed by atoms with Crippen molar-refractivity contribution >= 4 is 41.2 Å². The number of ether oxygens (including phenoxy) is 1. The fourth-order valence-electron chi connectivity index (χ4n) is 2.45. The Kier molecular flexibility index (Phi) is 5.94. The molecule has 148 valence electrons. The van der Waals surface area contributed by atoms with Gasteiger partial charge in [0.1, 0.15) is 23.9 Å². The lowest BCUT2D eigenvalue weighted by Crippen LogP contribution is -1.96. The molecule has 1 aromatic carbocycles. The van der Waals surface area contributed by atoms with E-state index in [1.165, 1.54) is 11.8 Å². The van der Waals surface area contributed by atoms with Gasteiger partial charge >= 0.3 is 0 Å². The van der Waals surface area contributed by atoms with Gasteiger partial charge in [0.15, 0.2) is 5.76 Å². The number of benzene rings is 1. The summed E-state index contributed by atoms with van der Waals surface area (Å²) < 4.78 is 18.4. The lowest BCUT2D eigenvalue weighted by molar-refractivity contribution is 0.270. The number of halogens is 2. The lowest BCUT2D eigenvalue weighted by Gasteiger charge is -2.06. The van der Waals surface area contributed by atoms with Crippen LogP contribution in [0.25, 0.3) is 11.6 Å².